The highest BCUT2D eigenvalue weighted by Gasteiger charge is 2.79. The summed E-state index contributed by atoms with van der Waals surface area (Å²) in [5.74, 6) is -0.0774. The molecule has 3 heteroatoms. The molecule has 1 heterocycles. The maximum absolute atomic E-state index is 16.5. The van der Waals surface area contributed by atoms with Gasteiger partial charge in [-0.15, -0.1) is 0 Å². The predicted octanol–water partition coefficient (Wildman–Crippen LogP) is 8.03. The molecular formula is C40H30O2Si. The monoisotopic (exact) mass is 570 g/mol. The van der Waals surface area contributed by atoms with Gasteiger partial charge in [0, 0.05) is 0 Å². The fourth-order valence-electron chi connectivity index (χ4n) is 7.55. The zero-order valence-corrected chi connectivity index (χ0v) is 24.6. The Hall–Kier alpha value is -4.99. The van der Waals surface area contributed by atoms with E-state index in [2.05, 4.69) is 24.3 Å². The van der Waals surface area contributed by atoms with Crippen LogP contribution in [0.4, 0.5) is 0 Å². The van der Waals surface area contributed by atoms with Gasteiger partial charge in [-0.2, -0.15) is 0 Å². The third-order valence-corrected chi connectivity index (χ3v) is 12.3. The molecule has 0 spiro atoms. The number of Topliss-reactive ketones (excluding diaryl/α,β-unsaturated/α-hetero) is 1. The average Bonchev–Trinajstić information content (AvgIpc) is 3.28. The van der Waals surface area contributed by atoms with Crippen molar-refractivity contribution in [3.05, 3.63) is 215 Å². The maximum atomic E-state index is 16.5. The third-order valence-electron chi connectivity index (χ3n) is 9.17. The second kappa shape index (κ2) is 10.7. The van der Waals surface area contributed by atoms with Gasteiger partial charge in [0.15, 0.2) is 5.78 Å². The molecule has 0 radical (unpaired) electrons. The van der Waals surface area contributed by atoms with Gasteiger partial charge in [-0.05, 0) is 33.4 Å². The molecular weight excluding hydrogens is 541 g/mol. The van der Waals surface area contributed by atoms with Crippen LogP contribution in [-0.2, 0) is 24.7 Å². The fraction of sp³-hybridized carbons (Fsp3) is 0.0750. The number of ketones is 1. The predicted molar refractivity (Wildman–Crippen MR) is 172 cm³/mol. The molecule has 1 aliphatic rings. The molecule has 6 aromatic carbocycles. The molecule has 43 heavy (non-hydrogen) atoms. The van der Waals surface area contributed by atoms with Gasteiger partial charge in [0.05, 0.1) is 10.5 Å². The summed E-state index contributed by atoms with van der Waals surface area (Å²) in [7, 11) is -3.01. The average molecular weight is 571 g/mol. The summed E-state index contributed by atoms with van der Waals surface area (Å²) in [6.07, 6.45) is 0. The summed E-state index contributed by atoms with van der Waals surface area (Å²) in [6, 6.07) is 59.7. The van der Waals surface area contributed by atoms with Crippen LogP contribution < -0.4 is 0 Å². The van der Waals surface area contributed by atoms with Gasteiger partial charge in [-0.25, -0.2) is 0 Å². The fourth-order valence-corrected chi connectivity index (χ4v) is 11.0. The van der Waals surface area contributed by atoms with Crippen LogP contribution in [-0.4, -0.2) is 14.5 Å². The molecule has 206 valence electrons. The van der Waals surface area contributed by atoms with Gasteiger partial charge in [-0.3, -0.25) is 4.79 Å². The molecule has 6 aromatic rings. The quantitative estimate of drug-likeness (QED) is 0.190. The summed E-state index contributed by atoms with van der Waals surface area (Å²) in [5, 5.41) is -2.64. The van der Waals surface area contributed by atoms with Crippen LogP contribution in [0.2, 0.25) is 0 Å². The molecule has 0 amide bonds. The number of carbonyl (C=O) groups is 1. The first-order valence-electron chi connectivity index (χ1n) is 14.6. The summed E-state index contributed by atoms with van der Waals surface area (Å²) in [6.45, 7) is 0. The van der Waals surface area contributed by atoms with Crippen molar-refractivity contribution in [3.63, 3.8) is 0 Å². The molecule has 0 atom stereocenters. The minimum atomic E-state index is -3.01. The van der Waals surface area contributed by atoms with Crippen LogP contribution in [0.15, 0.2) is 182 Å². The van der Waals surface area contributed by atoms with Gasteiger partial charge < -0.3 is 4.46 Å². The van der Waals surface area contributed by atoms with E-state index in [-0.39, 0.29) is 5.78 Å². The number of rotatable bonds is 6. The van der Waals surface area contributed by atoms with Crippen LogP contribution in [0.1, 0.15) is 33.4 Å². The summed E-state index contributed by atoms with van der Waals surface area (Å²) < 4.78 is 16.5. The van der Waals surface area contributed by atoms with E-state index in [1.54, 1.807) is 0 Å². The smallest absolute Gasteiger partial charge is 0.317 e. The molecule has 0 aromatic heterocycles. The molecule has 1 saturated heterocycles. The Bertz CT molecular complexity index is 1650. The minimum absolute atomic E-state index is 0.0774. The lowest BCUT2D eigenvalue weighted by Crippen LogP contribution is -2.54. The van der Waals surface area contributed by atoms with Crippen molar-refractivity contribution < 1.29 is 9.26 Å². The second-order valence-corrected chi connectivity index (χ2v) is 13.3. The number of carbonyl (C=O) groups excluding carboxylic acids is 1. The van der Waals surface area contributed by atoms with Gasteiger partial charge in [0.1, 0.15) is 5.04 Å². The van der Waals surface area contributed by atoms with E-state index in [1.165, 1.54) is 0 Å². The minimum Gasteiger partial charge on any atom is -0.385 e. The van der Waals surface area contributed by atoms with Crippen molar-refractivity contribution in [2.45, 2.75) is 15.5 Å². The Morgan fingerprint density at radius 3 is 0.907 bits per heavy atom. The Morgan fingerprint density at radius 2 is 0.605 bits per heavy atom. The SMILES string of the molecule is O=C1C(c2ccccc2)(c2ccccc2)[Si](=O)C(c2ccccc2)(c2ccccc2)C1(c1ccccc1)c1ccccc1. The zero-order chi connectivity index (χ0) is 29.3. The lowest BCUT2D eigenvalue weighted by atomic mass is 9.56. The first-order valence-corrected chi connectivity index (χ1v) is 16.0. The Balaban J connectivity index is 1.78. The van der Waals surface area contributed by atoms with Crippen molar-refractivity contribution in [1.82, 2.24) is 0 Å². The molecule has 0 unspecified atom stereocenters. The topological polar surface area (TPSA) is 34.1 Å². The Labute approximate surface area is 254 Å². The van der Waals surface area contributed by atoms with Crippen LogP contribution in [0.25, 0.3) is 0 Å². The second-order valence-electron chi connectivity index (χ2n) is 11.1. The van der Waals surface area contributed by atoms with Crippen LogP contribution >= 0.6 is 0 Å². The van der Waals surface area contributed by atoms with Gasteiger partial charge in [0.2, 0.25) is 0 Å². The van der Waals surface area contributed by atoms with E-state index < -0.39 is 24.2 Å². The number of hydrogen-bond acceptors (Lipinski definition) is 2. The van der Waals surface area contributed by atoms with Gasteiger partial charge in [0.25, 0.3) is 0 Å². The first-order chi connectivity index (χ1) is 21.2. The summed E-state index contributed by atoms with van der Waals surface area (Å²) >= 11 is 0. The van der Waals surface area contributed by atoms with Crippen molar-refractivity contribution in [1.29, 1.82) is 0 Å². The maximum Gasteiger partial charge on any atom is 0.317 e. The highest BCUT2D eigenvalue weighted by atomic mass is 28.3. The lowest BCUT2D eigenvalue weighted by molar-refractivity contribution is -0.124. The summed E-state index contributed by atoms with van der Waals surface area (Å²) in [5.41, 5.74) is 3.54. The highest BCUT2D eigenvalue weighted by molar-refractivity contribution is 6.65. The molecule has 7 rings (SSSR count). The van der Waals surface area contributed by atoms with E-state index in [1.807, 2.05) is 158 Å². The molecule has 0 aliphatic carbocycles. The van der Waals surface area contributed by atoms with Crippen LogP contribution in [0.3, 0.4) is 0 Å². The van der Waals surface area contributed by atoms with Crippen molar-refractivity contribution in [2.24, 2.45) is 0 Å². The largest absolute Gasteiger partial charge is 0.385 e. The van der Waals surface area contributed by atoms with E-state index >= 15 is 9.26 Å². The molecule has 1 fully saturated rings. The molecule has 0 bridgehead atoms. The molecule has 0 saturated carbocycles. The first kappa shape index (κ1) is 26.9. The van der Waals surface area contributed by atoms with Gasteiger partial charge >= 0.3 is 8.68 Å². The molecule has 2 nitrogen and oxygen atoms in total. The Kier molecular flexibility index (Phi) is 6.68. The van der Waals surface area contributed by atoms with Crippen LogP contribution in [0, 0.1) is 0 Å². The number of hydrogen-bond donors (Lipinski definition) is 0. The zero-order valence-electron chi connectivity index (χ0n) is 23.6. The normalized spacial score (nSPS) is 16.6. The van der Waals surface area contributed by atoms with E-state index in [9.17, 15) is 0 Å². The van der Waals surface area contributed by atoms with Crippen molar-refractivity contribution >= 4 is 14.5 Å². The van der Waals surface area contributed by atoms with E-state index in [0.29, 0.717) is 0 Å². The van der Waals surface area contributed by atoms with E-state index in [4.69, 9.17) is 0 Å². The molecule has 1 aliphatic heterocycles. The molecule has 0 N–H and O–H groups in total. The van der Waals surface area contributed by atoms with Gasteiger partial charge in [-0.1, -0.05) is 182 Å². The standard InChI is InChI=1S/C40H30O2Si/c41-37-38(31-19-7-1-8-20-31,32-21-9-2-10-22-32)40(35-27-15-5-16-28-35,36-29-17-6-18-30-36)43(42)39(37,33-23-11-3-12-24-33)34-25-13-4-14-26-34/h1-30H. The number of benzene rings is 6. The van der Waals surface area contributed by atoms with Crippen molar-refractivity contribution in [2.75, 3.05) is 0 Å². The van der Waals surface area contributed by atoms with Crippen molar-refractivity contribution in [3.8, 4) is 0 Å². The van der Waals surface area contributed by atoms with Crippen LogP contribution in [0.5, 0.6) is 0 Å². The Morgan fingerprint density at radius 1 is 0.349 bits per heavy atom. The van der Waals surface area contributed by atoms with E-state index in [0.717, 1.165) is 33.4 Å². The lowest BCUT2D eigenvalue weighted by Gasteiger charge is -2.45. The highest BCUT2D eigenvalue weighted by Crippen LogP contribution is 2.64. The summed E-state index contributed by atoms with van der Waals surface area (Å²) in [4.78, 5) is 16.3. The third kappa shape index (κ3) is 3.61.